The Bertz CT molecular complexity index is 4110. The van der Waals surface area contributed by atoms with Gasteiger partial charge in [-0.1, -0.05) is 92.1 Å². The normalized spacial score (nSPS) is 15.9. The third-order valence-electron chi connectivity index (χ3n) is 18.1. The number of aromatic nitrogens is 11. The van der Waals surface area contributed by atoms with Crippen LogP contribution >= 0.6 is 0 Å². The van der Waals surface area contributed by atoms with Crippen molar-refractivity contribution in [2.45, 2.75) is 74.0 Å². The number of hydrogen-bond acceptors (Lipinski definition) is 18. The van der Waals surface area contributed by atoms with Gasteiger partial charge in [-0.15, -0.1) is 0 Å². The minimum absolute atomic E-state index is 0.0195. The summed E-state index contributed by atoms with van der Waals surface area (Å²) in [6.07, 6.45) is 29.0. The second-order valence-electron chi connectivity index (χ2n) is 23.7. The summed E-state index contributed by atoms with van der Waals surface area (Å²) in [6.45, 7) is 3.91. The minimum Gasteiger partial charge on any atom is -0.368 e. The molecule has 1 saturated heterocycles. The Labute approximate surface area is 527 Å². The lowest BCUT2D eigenvalue weighted by molar-refractivity contribution is -0.125. The molecular weight excluding hydrogens is 1140 g/mol. The number of benzene rings is 3. The van der Waals surface area contributed by atoms with Crippen molar-refractivity contribution >= 4 is 58.6 Å². The van der Waals surface area contributed by atoms with Gasteiger partial charge >= 0.3 is 0 Å². The topological polar surface area (TPSA) is 306 Å². The van der Waals surface area contributed by atoms with E-state index < -0.39 is 16.2 Å². The van der Waals surface area contributed by atoms with Crippen molar-refractivity contribution in [2.75, 3.05) is 71.3 Å². The Hall–Kier alpha value is -10.9. The molecule has 460 valence electrons. The van der Waals surface area contributed by atoms with Crippen molar-refractivity contribution in [1.29, 1.82) is 0 Å². The number of aryl methyl sites for hydroxylation is 1. The van der Waals surface area contributed by atoms with Gasteiger partial charge in [0.25, 0.3) is 0 Å². The molecule has 0 radical (unpaired) electrons. The van der Waals surface area contributed by atoms with Gasteiger partial charge in [-0.05, 0) is 109 Å². The first-order valence-corrected chi connectivity index (χ1v) is 30.5. The molecule has 1 aliphatic heterocycles. The third-order valence-corrected chi connectivity index (χ3v) is 18.1. The Kier molecular flexibility index (Phi) is 17.6. The fourth-order valence-electron chi connectivity index (χ4n) is 12.0. The van der Waals surface area contributed by atoms with E-state index in [1.165, 1.54) is 0 Å². The molecule has 3 amide bonds. The zero-order valence-corrected chi connectivity index (χ0v) is 50.8. The first-order chi connectivity index (χ1) is 44.2. The second kappa shape index (κ2) is 26.5. The van der Waals surface area contributed by atoms with Crippen molar-refractivity contribution in [3.05, 3.63) is 200 Å². The number of carbonyl (C=O) groups excluding carboxylic acids is 3. The van der Waals surface area contributed by atoms with Gasteiger partial charge in [0.2, 0.25) is 35.6 Å². The molecule has 3 saturated carbocycles. The highest BCUT2D eigenvalue weighted by Crippen LogP contribution is 2.48. The van der Waals surface area contributed by atoms with Crippen molar-refractivity contribution in [3.8, 4) is 44.5 Å². The number of hydrogen-bond donors (Lipinski definition) is 6. The summed E-state index contributed by atoms with van der Waals surface area (Å²) in [5.41, 5.74) is 27.5. The fourth-order valence-corrected chi connectivity index (χ4v) is 12.0. The predicted molar refractivity (Wildman–Crippen MR) is 353 cm³/mol. The number of nitrogens with zero attached hydrogens (tertiary/aromatic N) is 13. The molecule has 0 unspecified atom stereocenters. The lowest BCUT2D eigenvalue weighted by Gasteiger charge is -2.41. The molecule has 9 N–H and O–H groups in total. The average Bonchev–Trinajstić information content (AvgIpc) is 1.17. The molecule has 22 heteroatoms. The van der Waals surface area contributed by atoms with Gasteiger partial charge in [0, 0.05) is 147 Å². The van der Waals surface area contributed by atoms with E-state index in [0.29, 0.717) is 5.82 Å². The molecular formula is C69H71N19O3. The Morgan fingerprint density at radius 3 is 1.19 bits per heavy atom. The Morgan fingerprint density at radius 1 is 0.407 bits per heavy atom. The van der Waals surface area contributed by atoms with Crippen molar-refractivity contribution in [1.82, 2.24) is 59.5 Å². The molecule has 10 aromatic rings. The maximum Gasteiger partial charge on any atom is 0.236 e. The molecule has 7 aromatic heterocycles. The maximum atomic E-state index is 13.5. The number of pyridine rings is 3. The standard InChI is InChI=1S/C25H29N7O.C24H23N7O.C20H19N5O/c1-31-11-13-32(14-12-31)22-15-21(7-10-27-22)30-23(33)25(8-2-9-25)20-5-3-18(4-6-20)19-16-28-24(26)29-17-19;1-31-15-19(14-29-31)17-5-8-21(26-11-17)30-22(32)24(9-2-10-24)20-6-3-16(4-7-20)18-12-27-23(25)28-13-18;21-19-23-12-15(13-24-19)14-2-4-16(5-3-14)20(8-1-9-20)18(26)25-17-6-10-22-11-7-17/h3-7,10,15-17H,2,8-9,11-14H2,1H3,(H2,26,28,29)(H,27,30,33);3-8,11-15H,2,9-10H2,1H3,(H2,25,27,28)(H,26,30,32);2-7,10-13H,1,8-9H2,(H2,21,23,24)(H,22,25,26). The number of nitrogens with one attached hydrogen (secondary N) is 3. The van der Waals surface area contributed by atoms with E-state index in [1.54, 1.807) is 85.0 Å². The Balaban J connectivity index is 0.000000133. The molecule has 22 nitrogen and oxygen atoms in total. The quantitative estimate of drug-likeness (QED) is 0.0590. The first kappa shape index (κ1) is 60.4. The number of amides is 3. The van der Waals surface area contributed by atoms with Gasteiger partial charge in [0.05, 0.1) is 22.4 Å². The van der Waals surface area contributed by atoms with Gasteiger partial charge in [-0.3, -0.25) is 24.0 Å². The van der Waals surface area contributed by atoms with Crippen LogP contribution in [0.2, 0.25) is 0 Å². The van der Waals surface area contributed by atoms with Crippen LogP contribution < -0.4 is 38.1 Å². The lowest BCUT2D eigenvalue weighted by Crippen LogP contribution is -2.46. The van der Waals surface area contributed by atoms with Crippen LogP contribution in [0.25, 0.3) is 44.5 Å². The largest absolute Gasteiger partial charge is 0.368 e. The van der Waals surface area contributed by atoms with E-state index >= 15 is 0 Å². The van der Waals surface area contributed by atoms with Gasteiger partial charge in [-0.25, -0.2) is 39.9 Å². The Morgan fingerprint density at radius 2 is 0.802 bits per heavy atom. The number of nitrogen functional groups attached to an aromatic ring is 3. The van der Waals surface area contributed by atoms with Crippen LogP contribution in [0, 0.1) is 0 Å². The molecule has 3 aliphatic carbocycles. The van der Waals surface area contributed by atoms with Gasteiger partial charge in [0.15, 0.2) is 0 Å². The molecule has 8 heterocycles. The smallest absolute Gasteiger partial charge is 0.236 e. The van der Waals surface area contributed by atoms with Crippen molar-refractivity contribution < 1.29 is 14.4 Å². The van der Waals surface area contributed by atoms with E-state index in [1.807, 2.05) is 110 Å². The van der Waals surface area contributed by atoms with Crippen molar-refractivity contribution in [2.24, 2.45) is 7.05 Å². The molecule has 4 fully saturated rings. The highest BCUT2D eigenvalue weighted by Gasteiger charge is 2.48. The predicted octanol–water partition coefficient (Wildman–Crippen LogP) is 9.70. The van der Waals surface area contributed by atoms with Crippen LogP contribution in [0.3, 0.4) is 0 Å². The van der Waals surface area contributed by atoms with Gasteiger partial charge in [0.1, 0.15) is 11.6 Å². The van der Waals surface area contributed by atoms with Gasteiger partial charge in [-0.2, -0.15) is 5.10 Å². The van der Waals surface area contributed by atoms with Crippen molar-refractivity contribution in [3.63, 3.8) is 0 Å². The van der Waals surface area contributed by atoms with E-state index in [9.17, 15) is 14.4 Å². The van der Waals surface area contributed by atoms with Crippen LogP contribution in [0.1, 0.15) is 74.5 Å². The van der Waals surface area contributed by atoms with Crippen LogP contribution in [0.4, 0.5) is 40.9 Å². The monoisotopic (exact) mass is 1210 g/mol. The highest BCUT2D eigenvalue weighted by atomic mass is 16.2. The second-order valence-corrected chi connectivity index (χ2v) is 23.7. The zero-order valence-electron chi connectivity index (χ0n) is 50.8. The molecule has 4 aliphatic rings. The summed E-state index contributed by atoms with van der Waals surface area (Å²) in [6, 6.07) is 35.5. The number of rotatable bonds is 14. The molecule has 0 atom stereocenters. The number of carbonyl (C=O) groups is 3. The minimum atomic E-state index is -0.528. The SMILES string of the molecule is CN1CCN(c2cc(NC(=O)C3(c4ccc(-c5cnc(N)nc5)cc4)CCC3)ccn2)CC1.Cn1cc(-c2ccc(NC(=O)C3(c4ccc(-c5cnc(N)nc5)cc4)CCC3)nc2)cn1.Nc1ncc(-c2ccc(C3(C(=O)Nc4ccncc4)CCC3)cc2)cn1. The first-order valence-electron chi connectivity index (χ1n) is 30.5. The molecule has 0 bridgehead atoms. The highest BCUT2D eigenvalue weighted by molar-refractivity contribution is 6.01. The van der Waals surface area contributed by atoms with Crippen LogP contribution in [-0.2, 0) is 37.7 Å². The number of nitrogens with two attached hydrogens (primary N) is 3. The molecule has 91 heavy (non-hydrogen) atoms. The van der Waals surface area contributed by atoms with Crippen LogP contribution in [0.5, 0.6) is 0 Å². The van der Waals surface area contributed by atoms with Crippen LogP contribution in [0.15, 0.2) is 184 Å². The summed E-state index contributed by atoms with van der Waals surface area (Å²) < 4.78 is 1.75. The number of anilines is 7. The average molecular weight is 1210 g/mol. The fraction of sp³-hybridized carbons (Fsp3) is 0.261. The summed E-state index contributed by atoms with van der Waals surface area (Å²) in [7, 11) is 4.01. The molecule has 14 rings (SSSR count). The van der Waals surface area contributed by atoms with E-state index in [4.69, 9.17) is 17.2 Å². The third kappa shape index (κ3) is 13.3. The van der Waals surface area contributed by atoms with Gasteiger partial charge < -0.3 is 43.0 Å². The molecule has 0 spiro atoms. The van der Waals surface area contributed by atoms with E-state index in [-0.39, 0.29) is 35.6 Å². The maximum absolute atomic E-state index is 13.5. The van der Waals surface area contributed by atoms with E-state index in [0.717, 1.165) is 162 Å². The molecule has 3 aromatic carbocycles. The summed E-state index contributed by atoms with van der Waals surface area (Å²) >= 11 is 0. The summed E-state index contributed by atoms with van der Waals surface area (Å²) in [5, 5.41) is 13.4. The lowest BCUT2D eigenvalue weighted by atomic mass is 9.63. The zero-order chi connectivity index (χ0) is 63.0. The van der Waals surface area contributed by atoms with E-state index in [2.05, 4.69) is 82.8 Å². The summed E-state index contributed by atoms with van der Waals surface area (Å²) in [4.78, 5) is 81.5. The summed E-state index contributed by atoms with van der Waals surface area (Å²) in [5.74, 6) is 2.29. The van der Waals surface area contributed by atoms with Crippen LogP contribution in [-0.4, -0.2) is 110 Å². The number of likely N-dealkylation sites (N-methyl/N-ethyl adjacent to an activating group) is 1. The number of piperazine rings is 1.